The van der Waals surface area contributed by atoms with Gasteiger partial charge in [-0.2, -0.15) is 0 Å². The Morgan fingerprint density at radius 1 is 1.24 bits per heavy atom. The highest BCUT2D eigenvalue weighted by atomic mass is 79.9. The Morgan fingerprint density at radius 2 is 2.00 bits per heavy atom. The maximum absolute atomic E-state index is 12.7. The van der Waals surface area contributed by atoms with Crippen LogP contribution in [-0.4, -0.2) is 22.6 Å². The average molecular weight is 479 g/mol. The van der Waals surface area contributed by atoms with Gasteiger partial charge < -0.3 is 15.0 Å². The predicted octanol–water partition coefficient (Wildman–Crippen LogP) is 5.12. The maximum atomic E-state index is 12.7. The molecule has 0 unspecified atom stereocenters. The minimum absolute atomic E-state index is 0.0151. The van der Waals surface area contributed by atoms with Crippen molar-refractivity contribution in [3.63, 3.8) is 0 Å². The van der Waals surface area contributed by atoms with Gasteiger partial charge in [-0.1, -0.05) is 17.7 Å². The Hall–Kier alpha value is -2.25. The van der Waals surface area contributed by atoms with Crippen molar-refractivity contribution in [2.24, 2.45) is 5.92 Å². The van der Waals surface area contributed by atoms with Crippen LogP contribution in [0.4, 0.5) is 5.69 Å². The number of carbonyl (C=O) groups is 1. The van der Waals surface area contributed by atoms with E-state index in [-0.39, 0.29) is 23.6 Å². The molecule has 6 nitrogen and oxygen atoms in total. The lowest BCUT2D eigenvalue weighted by molar-refractivity contribution is -0.121. The number of amides is 1. The van der Waals surface area contributed by atoms with Gasteiger partial charge in [0.05, 0.1) is 23.2 Å². The number of para-hydroxylation sites is 1. The molecule has 2 aromatic carbocycles. The molecule has 0 bridgehead atoms. The van der Waals surface area contributed by atoms with Gasteiger partial charge in [0.1, 0.15) is 5.75 Å². The van der Waals surface area contributed by atoms with E-state index in [9.17, 15) is 9.59 Å². The Kier molecular flexibility index (Phi) is 5.69. The van der Waals surface area contributed by atoms with Crippen LogP contribution in [0.5, 0.6) is 5.75 Å². The molecule has 1 saturated carbocycles. The van der Waals surface area contributed by atoms with Gasteiger partial charge in [0.2, 0.25) is 5.91 Å². The molecule has 1 heterocycles. The third-order valence-corrected chi connectivity index (χ3v) is 6.51. The van der Waals surface area contributed by atoms with Crippen molar-refractivity contribution in [1.29, 1.82) is 0 Å². The molecule has 1 aromatic heterocycles. The molecule has 29 heavy (non-hydrogen) atoms. The van der Waals surface area contributed by atoms with Crippen LogP contribution in [-0.2, 0) is 4.79 Å². The molecule has 1 aliphatic rings. The van der Waals surface area contributed by atoms with E-state index in [0.29, 0.717) is 16.5 Å². The van der Waals surface area contributed by atoms with Gasteiger partial charge in [-0.25, -0.2) is 4.79 Å². The number of benzene rings is 2. The van der Waals surface area contributed by atoms with Gasteiger partial charge in [0.25, 0.3) is 0 Å². The number of carbonyl (C=O) groups excluding carboxylic acids is 1. The van der Waals surface area contributed by atoms with E-state index in [0.717, 1.165) is 41.2 Å². The Labute approximate surface area is 181 Å². The summed E-state index contributed by atoms with van der Waals surface area (Å²) in [4.78, 5) is 28.1. The van der Waals surface area contributed by atoms with Crippen molar-refractivity contribution in [2.75, 3.05) is 12.4 Å². The van der Waals surface area contributed by atoms with Gasteiger partial charge in [-0.15, -0.1) is 0 Å². The summed E-state index contributed by atoms with van der Waals surface area (Å²) in [6.07, 6.45) is 3.02. The van der Waals surface area contributed by atoms with Crippen LogP contribution in [0.25, 0.3) is 11.0 Å². The van der Waals surface area contributed by atoms with Crippen LogP contribution in [0.2, 0.25) is 5.02 Å². The van der Waals surface area contributed by atoms with E-state index in [2.05, 4.69) is 26.2 Å². The quantitative estimate of drug-likeness (QED) is 0.546. The number of ether oxygens (including phenoxy) is 1. The van der Waals surface area contributed by atoms with Crippen molar-refractivity contribution in [2.45, 2.75) is 31.7 Å². The fraction of sp³-hybridized carbons (Fsp3) is 0.333. The zero-order valence-electron chi connectivity index (χ0n) is 15.9. The number of nitrogens with zero attached hydrogens (tertiary/aromatic N) is 1. The highest BCUT2D eigenvalue weighted by molar-refractivity contribution is 9.10. The fourth-order valence-electron chi connectivity index (χ4n) is 4.06. The average Bonchev–Trinajstić information content (AvgIpc) is 3.05. The SMILES string of the molecule is COc1ccc(NC(=O)[C@H]2CC[C@@H](n3c(=O)[nH]c4c(Br)cccc43)CC2)cc1Cl. The van der Waals surface area contributed by atoms with Gasteiger partial charge in [-0.05, 0) is 71.9 Å². The van der Waals surface area contributed by atoms with E-state index < -0.39 is 0 Å². The molecule has 0 saturated heterocycles. The number of fused-ring (bicyclic) bond motifs is 1. The van der Waals surface area contributed by atoms with Crippen molar-refractivity contribution < 1.29 is 9.53 Å². The molecule has 1 amide bonds. The van der Waals surface area contributed by atoms with E-state index in [4.69, 9.17) is 16.3 Å². The van der Waals surface area contributed by atoms with Gasteiger partial charge >= 0.3 is 5.69 Å². The van der Waals surface area contributed by atoms with Gasteiger partial charge in [-0.3, -0.25) is 9.36 Å². The Bertz CT molecular complexity index is 1120. The molecule has 2 N–H and O–H groups in total. The van der Waals surface area contributed by atoms with Gasteiger partial charge in [0.15, 0.2) is 0 Å². The summed E-state index contributed by atoms with van der Waals surface area (Å²) in [6.45, 7) is 0. The minimum Gasteiger partial charge on any atom is -0.495 e. The van der Waals surface area contributed by atoms with Crippen LogP contribution < -0.4 is 15.7 Å². The first-order valence-electron chi connectivity index (χ1n) is 9.51. The van der Waals surface area contributed by atoms with E-state index in [1.165, 1.54) is 0 Å². The summed E-state index contributed by atoms with van der Waals surface area (Å²) >= 11 is 9.62. The van der Waals surface area contributed by atoms with Gasteiger partial charge in [0, 0.05) is 22.1 Å². The Balaban J connectivity index is 1.44. The number of H-pyrrole nitrogens is 1. The van der Waals surface area contributed by atoms with Crippen molar-refractivity contribution in [1.82, 2.24) is 9.55 Å². The molecule has 0 aliphatic heterocycles. The largest absolute Gasteiger partial charge is 0.495 e. The molecule has 0 atom stereocenters. The summed E-state index contributed by atoms with van der Waals surface area (Å²) in [5.74, 6) is 0.472. The molecule has 1 aliphatic carbocycles. The third kappa shape index (κ3) is 3.94. The number of imidazole rings is 1. The van der Waals surface area contributed by atoms with Crippen LogP contribution in [0.1, 0.15) is 31.7 Å². The Morgan fingerprint density at radius 3 is 2.69 bits per heavy atom. The first-order valence-corrected chi connectivity index (χ1v) is 10.7. The molecule has 3 aromatic rings. The summed E-state index contributed by atoms with van der Waals surface area (Å²) in [5, 5.41) is 3.40. The smallest absolute Gasteiger partial charge is 0.326 e. The summed E-state index contributed by atoms with van der Waals surface area (Å²) in [5.41, 5.74) is 2.26. The first-order chi connectivity index (χ1) is 14.0. The lowest BCUT2D eigenvalue weighted by atomic mass is 9.85. The van der Waals surface area contributed by atoms with Crippen LogP contribution in [0.3, 0.4) is 0 Å². The molecule has 0 spiro atoms. The number of hydrogen-bond acceptors (Lipinski definition) is 3. The highest BCUT2D eigenvalue weighted by Crippen LogP contribution is 2.35. The van der Waals surface area contributed by atoms with E-state index in [1.807, 2.05) is 22.8 Å². The zero-order chi connectivity index (χ0) is 20.5. The molecular formula is C21H21BrClN3O3. The third-order valence-electron chi connectivity index (χ3n) is 5.55. The van der Waals surface area contributed by atoms with Crippen molar-refractivity contribution >= 4 is 50.2 Å². The minimum atomic E-state index is -0.104. The number of rotatable bonds is 4. The number of aromatic amines is 1. The number of halogens is 2. The molecule has 4 rings (SSSR count). The molecule has 1 fully saturated rings. The number of hydrogen-bond donors (Lipinski definition) is 2. The molecule has 8 heteroatoms. The molecule has 152 valence electrons. The summed E-state index contributed by atoms with van der Waals surface area (Å²) < 4.78 is 7.84. The highest BCUT2D eigenvalue weighted by Gasteiger charge is 2.29. The predicted molar refractivity (Wildman–Crippen MR) is 118 cm³/mol. The first kappa shape index (κ1) is 20.0. The standard InChI is InChI=1S/C21H21BrClN3O3/c1-29-18-10-7-13(11-16(18)23)24-20(27)12-5-8-14(9-6-12)26-17-4-2-3-15(22)19(17)25-21(26)28/h2-4,7,10-12,14H,5-6,8-9H2,1H3,(H,24,27)(H,25,28)/t12-,14+. The zero-order valence-corrected chi connectivity index (χ0v) is 18.2. The normalized spacial score (nSPS) is 19.3. The van der Waals surface area contributed by atoms with E-state index >= 15 is 0 Å². The summed E-state index contributed by atoms with van der Waals surface area (Å²) in [6, 6.07) is 11.1. The second-order valence-electron chi connectivity index (χ2n) is 7.28. The number of methoxy groups -OCH3 is 1. The number of nitrogens with one attached hydrogen (secondary N) is 2. The number of anilines is 1. The van der Waals surface area contributed by atoms with Crippen LogP contribution >= 0.6 is 27.5 Å². The van der Waals surface area contributed by atoms with Crippen molar-refractivity contribution in [3.8, 4) is 5.75 Å². The lowest BCUT2D eigenvalue weighted by Gasteiger charge is -2.28. The molecule has 0 radical (unpaired) electrons. The molecular weight excluding hydrogens is 458 g/mol. The second kappa shape index (κ2) is 8.24. The fourth-order valence-corrected chi connectivity index (χ4v) is 4.77. The van der Waals surface area contributed by atoms with Crippen LogP contribution in [0.15, 0.2) is 45.7 Å². The van der Waals surface area contributed by atoms with Crippen LogP contribution in [0, 0.1) is 5.92 Å². The summed E-state index contributed by atoms with van der Waals surface area (Å²) in [7, 11) is 1.55. The monoisotopic (exact) mass is 477 g/mol. The second-order valence-corrected chi connectivity index (χ2v) is 8.54. The maximum Gasteiger partial charge on any atom is 0.326 e. The topological polar surface area (TPSA) is 76.1 Å². The number of aromatic nitrogens is 2. The van der Waals surface area contributed by atoms with E-state index in [1.54, 1.807) is 25.3 Å². The lowest BCUT2D eigenvalue weighted by Crippen LogP contribution is -2.31. The van der Waals surface area contributed by atoms with Crippen molar-refractivity contribution in [3.05, 3.63) is 56.4 Å².